The molecular weight excluding hydrogens is 130 g/mol. The van der Waals surface area contributed by atoms with E-state index < -0.39 is 0 Å². The summed E-state index contributed by atoms with van der Waals surface area (Å²) >= 11 is 1.78. The molecule has 0 amide bonds. The minimum absolute atomic E-state index is 1.15. The Morgan fingerprint density at radius 2 is 2.56 bits per heavy atom. The lowest BCUT2D eigenvalue weighted by Crippen LogP contribution is -1.99. The van der Waals surface area contributed by atoms with Crippen LogP contribution in [0.2, 0.25) is 0 Å². The molecule has 47 valence electrons. The summed E-state index contributed by atoms with van der Waals surface area (Å²) in [7, 11) is 0. The quantitative estimate of drug-likeness (QED) is 0.533. The maximum absolute atomic E-state index is 4.26. The Bertz CT molecular complexity index is 184. The zero-order chi connectivity index (χ0) is 6.10. The normalized spacial score (nSPS) is 17.3. The first kappa shape index (κ1) is 5.42. The summed E-state index contributed by atoms with van der Waals surface area (Å²) in [6.45, 7) is 0. The van der Waals surface area contributed by atoms with E-state index in [1.165, 1.54) is 23.4 Å². The zero-order valence-electron chi connectivity index (χ0n) is 5.13. The zero-order valence-corrected chi connectivity index (χ0v) is 5.95. The Balaban J connectivity index is 2.39. The minimum atomic E-state index is 1.15. The average Bonchev–Trinajstić information content (AvgIpc) is 2.33. The fraction of sp³-hybridized carbons (Fsp3) is 0.429. The van der Waals surface area contributed by atoms with Crippen molar-refractivity contribution in [2.24, 2.45) is 0 Å². The molecule has 1 radical (unpaired) electrons. The fourth-order valence-electron chi connectivity index (χ4n) is 1.14. The number of aromatic nitrogens is 1. The van der Waals surface area contributed by atoms with Gasteiger partial charge >= 0.3 is 0 Å². The monoisotopic (exact) mass is 138 g/mol. The number of fused-ring (bicyclic) bond motifs is 1. The van der Waals surface area contributed by atoms with Crippen LogP contribution in [0.4, 0.5) is 0 Å². The van der Waals surface area contributed by atoms with Gasteiger partial charge in [-0.05, 0) is 25.7 Å². The summed E-state index contributed by atoms with van der Waals surface area (Å²) in [6.07, 6.45) is 5.87. The number of hydrogen-bond acceptors (Lipinski definition) is 2. The molecule has 0 N–H and O–H groups in total. The van der Waals surface area contributed by atoms with E-state index in [4.69, 9.17) is 0 Å². The van der Waals surface area contributed by atoms with E-state index in [-0.39, 0.29) is 0 Å². The van der Waals surface area contributed by atoms with Crippen LogP contribution in [0.3, 0.4) is 0 Å². The lowest BCUT2D eigenvalue weighted by Gasteiger charge is -2.06. The first-order chi connectivity index (χ1) is 4.47. The summed E-state index contributed by atoms with van der Waals surface area (Å²) in [5, 5.41) is 0. The number of nitrogens with zero attached hydrogens (tertiary/aromatic N) is 1. The number of thiazole rings is 1. The molecule has 1 heterocycles. The molecule has 0 bridgehead atoms. The molecule has 2 rings (SSSR count). The van der Waals surface area contributed by atoms with E-state index in [2.05, 4.69) is 11.4 Å². The van der Waals surface area contributed by atoms with Crippen LogP contribution in [0.5, 0.6) is 0 Å². The van der Waals surface area contributed by atoms with Crippen molar-refractivity contribution in [1.29, 1.82) is 0 Å². The second-order valence-corrected chi connectivity index (χ2v) is 3.19. The third-order valence-corrected chi connectivity index (χ3v) is 2.54. The van der Waals surface area contributed by atoms with Gasteiger partial charge < -0.3 is 0 Å². The molecule has 0 saturated carbocycles. The lowest BCUT2D eigenvalue weighted by atomic mass is 10.0. The Hall–Kier alpha value is -0.370. The van der Waals surface area contributed by atoms with Gasteiger partial charge in [0.15, 0.2) is 0 Å². The summed E-state index contributed by atoms with van der Waals surface area (Å²) in [5.74, 6) is 0. The molecule has 0 fully saturated rings. The maximum Gasteiger partial charge on any atom is 0.0797 e. The van der Waals surface area contributed by atoms with Crippen molar-refractivity contribution in [3.63, 3.8) is 0 Å². The molecule has 1 aromatic rings. The highest BCUT2D eigenvalue weighted by molar-refractivity contribution is 7.09. The molecule has 1 aromatic heterocycles. The van der Waals surface area contributed by atoms with E-state index in [0.29, 0.717) is 0 Å². The molecule has 1 aliphatic carbocycles. The third-order valence-electron chi connectivity index (χ3n) is 1.64. The van der Waals surface area contributed by atoms with Crippen LogP contribution in [-0.2, 0) is 12.8 Å². The third kappa shape index (κ3) is 0.874. The van der Waals surface area contributed by atoms with Gasteiger partial charge in [-0.3, -0.25) is 0 Å². The largest absolute Gasteiger partial charge is 0.249 e. The van der Waals surface area contributed by atoms with Gasteiger partial charge in [0.1, 0.15) is 0 Å². The Morgan fingerprint density at radius 3 is 3.44 bits per heavy atom. The van der Waals surface area contributed by atoms with Crippen LogP contribution in [0.15, 0.2) is 5.51 Å². The van der Waals surface area contributed by atoms with Crippen molar-refractivity contribution in [1.82, 2.24) is 4.98 Å². The van der Waals surface area contributed by atoms with E-state index in [9.17, 15) is 0 Å². The summed E-state index contributed by atoms with van der Waals surface area (Å²) in [5.41, 5.74) is 3.28. The Morgan fingerprint density at radius 1 is 1.56 bits per heavy atom. The van der Waals surface area contributed by atoms with Gasteiger partial charge in [0.25, 0.3) is 0 Å². The highest BCUT2D eigenvalue weighted by Crippen LogP contribution is 2.22. The number of hydrogen-bond donors (Lipinski definition) is 0. The standard InChI is InChI=1S/C7H8NS/c1-2-4-7-6(3-1)8-5-9-7/h2,5H,1,3-4H2. The molecule has 1 nitrogen and oxygen atoms in total. The smallest absolute Gasteiger partial charge is 0.0797 e. The van der Waals surface area contributed by atoms with Crippen molar-refractivity contribution < 1.29 is 0 Å². The summed E-state index contributed by atoms with van der Waals surface area (Å²) in [4.78, 5) is 5.73. The van der Waals surface area contributed by atoms with Crippen molar-refractivity contribution in [3.05, 3.63) is 22.5 Å². The van der Waals surface area contributed by atoms with Crippen LogP contribution in [-0.4, -0.2) is 4.98 Å². The van der Waals surface area contributed by atoms with Crippen LogP contribution in [0, 0.1) is 6.42 Å². The Kier molecular flexibility index (Phi) is 1.27. The predicted molar refractivity (Wildman–Crippen MR) is 38.4 cm³/mol. The highest BCUT2D eigenvalue weighted by atomic mass is 32.1. The molecule has 0 atom stereocenters. The lowest BCUT2D eigenvalue weighted by molar-refractivity contribution is 0.817. The van der Waals surface area contributed by atoms with Crippen LogP contribution < -0.4 is 0 Å². The molecule has 0 unspecified atom stereocenters. The van der Waals surface area contributed by atoms with E-state index in [1.54, 1.807) is 11.3 Å². The van der Waals surface area contributed by atoms with Crippen molar-refractivity contribution in [2.75, 3.05) is 0 Å². The van der Waals surface area contributed by atoms with Crippen molar-refractivity contribution in [3.8, 4) is 0 Å². The second-order valence-electron chi connectivity index (χ2n) is 2.25. The minimum Gasteiger partial charge on any atom is -0.249 e. The topological polar surface area (TPSA) is 12.9 Å². The van der Waals surface area contributed by atoms with Crippen molar-refractivity contribution >= 4 is 11.3 Å². The molecule has 1 aliphatic rings. The molecule has 0 aliphatic heterocycles. The fourth-order valence-corrected chi connectivity index (χ4v) is 1.95. The number of rotatable bonds is 0. The molecule has 9 heavy (non-hydrogen) atoms. The van der Waals surface area contributed by atoms with Gasteiger partial charge in [-0.25, -0.2) is 4.98 Å². The van der Waals surface area contributed by atoms with E-state index in [1.807, 2.05) is 5.51 Å². The van der Waals surface area contributed by atoms with Gasteiger partial charge in [0, 0.05) is 4.88 Å². The number of aryl methyl sites for hydroxylation is 1. The van der Waals surface area contributed by atoms with E-state index in [0.717, 1.165) is 6.42 Å². The van der Waals surface area contributed by atoms with E-state index >= 15 is 0 Å². The Labute approximate surface area is 58.7 Å². The predicted octanol–water partition coefficient (Wildman–Crippen LogP) is 1.84. The summed E-state index contributed by atoms with van der Waals surface area (Å²) in [6, 6.07) is 0. The van der Waals surface area contributed by atoms with Gasteiger partial charge in [-0.2, -0.15) is 0 Å². The van der Waals surface area contributed by atoms with Crippen molar-refractivity contribution in [2.45, 2.75) is 19.3 Å². The van der Waals surface area contributed by atoms with Gasteiger partial charge in [0.05, 0.1) is 11.2 Å². The molecule has 2 heteroatoms. The first-order valence-electron chi connectivity index (χ1n) is 3.20. The van der Waals surface area contributed by atoms with Gasteiger partial charge in [-0.15, -0.1) is 11.3 Å². The molecule has 0 aromatic carbocycles. The molecule has 0 spiro atoms. The second kappa shape index (κ2) is 2.10. The maximum atomic E-state index is 4.26. The summed E-state index contributed by atoms with van der Waals surface area (Å²) < 4.78 is 0. The van der Waals surface area contributed by atoms with Gasteiger partial charge in [-0.1, -0.05) is 0 Å². The first-order valence-corrected chi connectivity index (χ1v) is 4.07. The molecule has 0 saturated heterocycles. The average molecular weight is 138 g/mol. The SMILES string of the molecule is [CH]1CCc2ncsc2C1. The van der Waals surface area contributed by atoms with Crippen LogP contribution >= 0.6 is 11.3 Å². The van der Waals surface area contributed by atoms with Crippen LogP contribution in [0.25, 0.3) is 0 Å². The highest BCUT2D eigenvalue weighted by Gasteiger charge is 2.10. The molecular formula is C7H8NS. The van der Waals surface area contributed by atoms with Crippen LogP contribution in [0.1, 0.15) is 17.0 Å². The van der Waals surface area contributed by atoms with Gasteiger partial charge in [0.2, 0.25) is 0 Å².